The van der Waals surface area contributed by atoms with Crippen LogP contribution in [-0.4, -0.2) is 55.3 Å². The van der Waals surface area contributed by atoms with Crippen molar-refractivity contribution < 1.29 is 22.7 Å². The summed E-state index contributed by atoms with van der Waals surface area (Å²) in [5, 5.41) is 2.48. The summed E-state index contributed by atoms with van der Waals surface area (Å²) in [6, 6.07) is 4.45. The number of ether oxygens (including phenoxy) is 1. The Hall–Kier alpha value is -3.05. The molecule has 0 fully saturated rings. The number of carbonyl (C=O) groups excluding carboxylic acids is 2. The van der Waals surface area contributed by atoms with Crippen molar-refractivity contribution in [3.05, 3.63) is 41.9 Å². The van der Waals surface area contributed by atoms with E-state index in [-0.39, 0.29) is 22.1 Å². The summed E-state index contributed by atoms with van der Waals surface area (Å²) in [5.41, 5.74) is 6.10. The molecule has 1 aromatic heterocycles. The van der Waals surface area contributed by atoms with Gasteiger partial charge in [-0.1, -0.05) is 6.07 Å². The molecule has 0 atom stereocenters. The van der Waals surface area contributed by atoms with E-state index in [0.29, 0.717) is 5.56 Å². The number of sulfonamides is 1. The van der Waals surface area contributed by atoms with Gasteiger partial charge in [0.05, 0.1) is 4.90 Å². The Bertz CT molecular complexity index is 975. The summed E-state index contributed by atoms with van der Waals surface area (Å²) in [6.45, 7) is 1.05. The van der Waals surface area contributed by atoms with E-state index in [9.17, 15) is 18.0 Å². The lowest BCUT2D eigenvalue weighted by Gasteiger charge is -2.15. The number of carbonyl (C=O) groups is 2. The fourth-order valence-electron chi connectivity index (χ4n) is 2.06. The molecule has 0 radical (unpaired) electrons. The minimum absolute atomic E-state index is 0.0645. The van der Waals surface area contributed by atoms with Crippen molar-refractivity contribution in [1.82, 2.24) is 14.3 Å². The zero-order valence-electron chi connectivity index (χ0n) is 15.0. The van der Waals surface area contributed by atoms with Gasteiger partial charge in [0.25, 0.3) is 5.91 Å². The van der Waals surface area contributed by atoms with Crippen LogP contribution >= 0.6 is 0 Å². The third-order valence-corrected chi connectivity index (χ3v) is 5.44. The van der Waals surface area contributed by atoms with E-state index < -0.39 is 28.5 Å². The maximum Gasteiger partial charge on any atom is 0.361 e. The second-order valence-electron chi connectivity index (χ2n) is 5.68. The van der Waals surface area contributed by atoms with Crippen molar-refractivity contribution >= 4 is 33.4 Å². The van der Waals surface area contributed by atoms with Gasteiger partial charge in [-0.05, 0) is 24.6 Å². The molecule has 0 aliphatic rings. The molecule has 1 amide bonds. The van der Waals surface area contributed by atoms with E-state index in [1.54, 1.807) is 19.1 Å². The van der Waals surface area contributed by atoms with Crippen LogP contribution in [-0.2, 0) is 19.6 Å². The van der Waals surface area contributed by atoms with Crippen LogP contribution in [0.4, 0.5) is 11.5 Å². The second-order valence-corrected chi connectivity index (χ2v) is 7.80. The summed E-state index contributed by atoms with van der Waals surface area (Å²) in [6.07, 6.45) is 2.58. The molecule has 0 unspecified atom stereocenters. The van der Waals surface area contributed by atoms with Crippen molar-refractivity contribution in [2.24, 2.45) is 0 Å². The molecule has 11 heteroatoms. The number of aromatic nitrogens is 2. The van der Waals surface area contributed by atoms with E-state index in [1.807, 2.05) is 0 Å². The largest absolute Gasteiger partial charge is 0.451 e. The molecule has 0 bridgehead atoms. The third-order valence-electron chi connectivity index (χ3n) is 3.48. The number of amides is 1. The first kappa shape index (κ1) is 20.3. The molecule has 0 spiro atoms. The highest BCUT2D eigenvalue weighted by atomic mass is 32.2. The Morgan fingerprint density at radius 2 is 1.89 bits per heavy atom. The number of nitrogen functional groups attached to an aromatic ring is 1. The fraction of sp³-hybridized carbons (Fsp3) is 0.250. The fourth-order valence-corrected chi connectivity index (χ4v) is 3.20. The van der Waals surface area contributed by atoms with Crippen LogP contribution in [0.3, 0.4) is 0 Å². The number of benzene rings is 1. The van der Waals surface area contributed by atoms with Crippen molar-refractivity contribution in [2.75, 3.05) is 31.8 Å². The standard InChI is InChI=1S/C16H19N5O5S/c1-10-4-5-11(8-12(10)27(24,25)21(2)3)20-13(22)9-26-16(23)14-15(17)19-7-6-18-14/h4-8H,9H2,1-3H3,(H2,17,19)(H,20,22). The van der Waals surface area contributed by atoms with Crippen molar-refractivity contribution in [1.29, 1.82) is 0 Å². The van der Waals surface area contributed by atoms with Gasteiger partial charge in [-0.2, -0.15) is 0 Å². The van der Waals surface area contributed by atoms with E-state index >= 15 is 0 Å². The van der Waals surface area contributed by atoms with Gasteiger partial charge in [-0.25, -0.2) is 27.5 Å². The monoisotopic (exact) mass is 393 g/mol. The first-order valence-electron chi connectivity index (χ1n) is 7.69. The first-order valence-corrected chi connectivity index (χ1v) is 9.13. The van der Waals surface area contributed by atoms with Gasteiger partial charge in [-0.3, -0.25) is 4.79 Å². The highest BCUT2D eigenvalue weighted by molar-refractivity contribution is 7.89. The van der Waals surface area contributed by atoms with Crippen LogP contribution in [0.25, 0.3) is 0 Å². The van der Waals surface area contributed by atoms with Crippen molar-refractivity contribution in [3.63, 3.8) is 0 Å². The van der Waals surface area contributed by atoms with Gasteiger partial charge >= 0.3 is 5.97 Å². The summed E-state index contributed by atoms with van der Waals surface area (Å²) in [4.78, 5) is 31.4. The number of hydrogen-bond acceptors (Lipinski definition) is 8. The predicted molar refractivity (Wildman–Crippen MR) is 97.4 cm³/mol. The molecule has 1 heterocycles. The zero-order valence-corrected chi connectivity index (χ0v) is 15.8. The van der Waals surface area contributed by atoms with Crippen LogP contribution in [0, 0.1) is 6.92 Å². The lowest BCUT2D eigenvalue weighted by atomic mass is 10.2. The minimum Gasteiger partial charge on any atom is -0.451 e. The Morgan fingerprint density at radius 3 is 2.52 bits per heavy atom. The third kappa shape index (κ3) is 4.77. The Kier molecular flexibility index (Phi) is 6.08. The molecule has 144 valence electrons. The molecule has 1 aromatic carbocycles. The van der Waals surface area contributed by atoms with E-state index in [0.717, 1.165) is 4.31 Å². The average Bonchev–Trinajstić information content (AvgIpc) is 2.61. The van der Waals surface area contributed by atoms with E-state index in [2.05, 4.69) is 15.3 Å². The summed E-state index contributed by atoms with van der Waals surface area (Å²) >= 11 is 0. The Labute approximate surface area is 156 Å². The number of hydrogen-bond donors (Lipinski definition) is 2. The molecule has 2 rings (SSSR count). The van der Waals surface area contributed by atoms with Gasteiger partial charge in [0, 0.05) is 32.2 Å². The average molecular weight is 393 g/mol. The molecule has 0 aliphatic carbocycles. The Balaban J connectivity index is 2.06. The van der Waals surface area contributed by atoms with Gasteiger partial charge < -0.3 is 15.8 Å². The molecule has 3 N–H and O–H groups in total. The highest BCUT2D eigenvalue weighted by Crippen LogP contribution is 2.22. The van der Waals surface area contributed by atoms with Gasteiger partial charge in [0.2, 0.25) is 10.0 Å². The lowest BCUT2D eigenvalue weighted by Crippen LogP contribution is -2.24. The SMILES string of the molecule is Cc1ccc(NC(=O)COC(=O)c2nccnc2N)cc1S(=O)(=O)N(C)C. The summed E-state index contributed by atoms with van der Waals surface area (Å²) in [7, 11) is -0.836. The maximum absolute atomic E-state index is 12.3. The molecular weight excluding hydrogens is 374 g/mol. The number of nitrogens with two attached hydrogens (primary N) is 1. The molecule has 0 saturated heterocycles. The van der Waals surface area contributed by atoms with Gasteiger partial charge in [0.1, 0.15) is 0 Å². The number of esters is 1. The first-order chi connectivity index (χ1) is 12.6. The lowest BCUT2D eigenvalue weighted by molar-refractivity contribution is -0.119. The highest BCUT2D eigenvalue weighted by Gasteiger charge is 2.21. The Morgan fingerprint density at radius 1 is 1.22 bits per heavy atom. The van der Waals surface area contributed by atoms with E-state index in [1.165, 1.54) is 32.6 Å². The topological polar surface area (TPSA) is 145 Å². The maximum atomic E-state index is 12.3. The van der Waals surface area contributed by atoms with Crippen molar-refractivity contribution in [2.45, 2.75) is 11.8 Å². The molecule has 2 aromatic rings. The number of rotatable bonds is 6. The van der Waals surface area contributed by atoms with Crippen LogP contribution in [0.5, 0.6) is 0 Å². The second kappa shape index (κ2) is 8.10. The van der Waals surface area contributed by atoms with Crippen LogP contribution in [0.15, 0.2) is 35.5 Å². The molecule has 27 heavy (non-hydrogen) atoms. The molecule has 10 nitrogen and oxygen atoms in total. The van der Waals surface area contributed by atoms with Crippen LogP contribution in [0.2, 0.25) is 0 Å². The molecular formula is C16H19N5O5S. The number of anilines is 2. The predicted octanol–water partition coefficient (Wildman–Crippen LogP) is 0.413. The summed E-state index contributed by atoms with van der Waals surface area (Å²) in [5.74, 6) is -1.65. The van der Waals surface area contributed by atoms with Gasteiger partial charge in [0.15, 0.2) is 18.1 Å². The van der Waals surface area contributed by atoms with Crippen LogP contribution < -0.4 is 11.1 Å². The summed E-state index contributed by atoms with van der Waals surface area (Å²) < 4.78 is 30.5. The van der Waals surface area contributed by atoms with Crippen molar-refractivity contribution in [3.8, 4) is 0 Å². The molecule has 0 aliphatic heterocycles. The normalized spacial score (nSPS) is 11.3. The smallest absolute Gasteiger partial charge is 0.361 e. The van der Waals surface area contributed by atoms with E-state index in [4.69, 9.17) is 10.5 Å². The van der Waals surface area contributed by atoms with Crippen LogP contribution in [0.1, 0.15) is 16.1 Å². The zero-order chi connectivity index (χ0) is 20.2. The minimum atomic E-state index is -3.66. The quantitative estimate of drug-likeness (QED) is 0.672. The number of nitrogens with zero attached hydrogens (tertiary/aromatic N) is 3. The number of nitrogens with one attached hydrogen (secondary N) is 1. The number of aryl methyl sites for hydroxylation is 1. The molecule has 0 saturated carbocycles. The van der Waals surface area contributed by atoms with Gasteiger partial charge in [-0.15, -0.1) is 0 Å².